The van der Waals surface area contributed by atoms with Crippen molar-refractivity contribution < 1.29 is 13.2 Å². The molecule has 0 bridgehead atoms. The van der Waals surface area contributed by atoms with E-state index in [1.54, 1.807) is 0 Å². The lowest BCUT2D eigenvalue weighted by Gasteiger charge is -2.15. The molecule has 1 atom stereocenters. The number of rotatable bonds is 10. The molecule has 0 heterocycles. The Bertz CT molecular complexity index is 252. The quantitative estimate of drug-likeness (QED) is 0.634. The van der Waals surface area contributed by atoms with Crippen LogP contribution in [0.25, 0.3) is 0 Å². The number of nitrogens with one attached hydrogen (secondary N) is 1. The molecule has 1 unspecified atom stereocenters. The average Bonchev–Trinajstić information content (AvgIpc) is 2.25. The molecular weight excluding hydrogens is 226 g/mol. The predicted molar refractivity (Wildman–Crippen MR) is 67.5 cm³/mol. The molecule has 0 aromatic heterocycles. The summed E-state index contributed by atoms with van der Waals surface area (Å²) in [6, 6.07) is 0.447. The Morgan fingerprint density at radius 1 is 1.25 bits per heavy atom. The molecule has 0 aliphatic carbocycles. The minimum absolute atomic E-state index is 0.140. The molecule has 16 heavy (non-hydrogen) atoms. The highest BCUT2D eigenvalue weighted by molar-refractivity contribution is 7.91. The lowest BCUT2D eigenvalue weighted by atomic mass is 10.1. The van der Waals surface area contributed by atoms with Crippen LogP contribution in [-0.2, 0) is 14.6 Å². The monoisotopic (exact) mass is 251 g/mol. The molecule has 0 spiro atoms. The largest absolute Gasteiger partial charge is 0.384 e. The first-order valence-electron chi connectivity index (χ1n) is 5.98. The Hall–Kier alpha value is -0.130. The molecule has 98 valence electrons. The summed E-state index contributed by atoms with van der Waals surface area (Å²) in [4.78, 5) is 0. The number of methoxy groups -OCH3 is 1. The van der Waals surface area contributed by atoms with Crippen LogP contribution in [0.4, 0.5) is 0 Å². The third-order valence-corrected chi connectivity index (χ3v) is 4.29. The summed E-state index contributed by atoms with van der Waals surface area (Å²) in [5.74, 6) is 0.416. The van der Waals surface area contributed by atoms with Gasteiger partial charge < -0.3 is 10.1 Å². The lowest BCUT2D eigenvalue weighted by molar-refractivity contribution is 0.217. The van der Waals surface area contributed by atoms with Crippen molar-refractivity contribution in [1.29, 1.82) is 0 Å². The average molecular weight is 251 g/mol. The molecule has 0 radical (unpaired) electrons. The fourth-order valence-corrected chi connectivity index (χ4v) is 2.83. The second-order valence-corrected chi connectivity index (χ2v) is 6.25. The van der Waals surface area contributed by atoms with Gasteiger partial charge in [0.05, 0.1) is 18.1 Å². The fourth-order valence-electron chi connectivity index (χ4n) is 1.60. The molecule has 0 aliphatic rings. The summed E-state index contributed by atoms with van der Waals surface area (Å²) in [5, 5.41) is 3.34. The highest BCUT2D eigenvalue weighted by Crippen LogP contribution is 2.04. The van der Waals surface area contributed by atoms with Gasteiger partial charge in [-0.3, -0.25) is 0 Å². The van der Waals surface area contributed by atoms with E-state index >= 15 is 0 Å². The molecule has 0 rings (SSSR count). The summed E-state index contributed by atoms with van der Waals surface area (Å²) in [6.07, 6.45) is 2.71. The SMILES string of the molecule is CCNC(CC)CCCS(=O)(=O)CCOC. The smallest absolute Gasteiger partial charge is 0.152 e. The second-order valence-electron chi connectivity index (χ2n) is 3.95. The maximum atomic E-state index is 11.5. The third-order valence-electron chi connectivity index (χ3n) is 2.59. The van der Waals surface area contributed by atoms with Crippen molar-refractivity contribution in [1.82, 2.24) is 5.32 Å². The first-order valence-corrected chi connectivity index (χ1v) is 7.80. The minimum Gasteiger partial charge on any atom is -0.384 e. The van der Waals surface area contributed by atoms with E-state index in [1.165, 1.54) is 7.11 Å². The zero-order chi connectivity index (χ0) is 12.4. The Morgan fingerprint density at radius 2 is 1.94 bits per heavy atom. The number of hydrogen-bond donors (Lipinski definition) is 1. The Labute approximate surface area is 99.7 Å². The normalized spacial score (nSPS) is 13.9. The van der Waals surface area contributed by atoms with Gasteiger partial charge in [0.15, 0.2) is 9.84 Å². The van der Waals surface area contributed by atoms with E-state index < -0.39 is 9.84 Å². The van der Waals surface area contributed by atoms with Gasteiger partial charge in [-0.25, -0.2) is 8.42 Å². The summed E-state index contributed by atoms with van der Waals surface area (Å²) in [7, 11) is -1.39. The van der Waals surface area contributed by atoms with E-state index in [9.17, 15) is 8.42 Å². The molecule has 0 aliphatic heterocycles. The number of ether oxygens (including phenoxy) is 1. The molecular formula is C11H25NO3S. The molecule has 0 aromatic carbocycles. The number of sulfone groups is 1. The van der Waals surface area contributed by atoms with Crippen molar-refractivity contribution in [3.63, 3.8) is 0 Å². The first-order chi connectivity index (χ1) is 7.55. The van der Waals surface area contributed by atoms with Crippen LogP contribution in [-0.4, -0.2) is 46.2 Å². The summed E-state index contributed by atoms with van der Waals surface area (Å²) in [5.41, 5.74) is 0. The van der Waals surface area contributed by atoms with Gasteiger partial charge >= 0.3 is 0 Å². The highest BCUT2D eigenvalue weighted by Gasteiger charge is 2.11. The van der Waals surface area contributed by atoms with Crippen LogP contribution in [0.3, 0.4) is 0 Å². The second kappa shape index (κ2) is 8.96. The van der Waals surface area contributed by atoms with Crippen molar-refractivity contribution in [2.24, 2.45) is 0 Å². The fraction of sp³-hybridized carbons (Fsp3) is 1.00. The maximum Gasteiger partial charge on any atom is 0.152 e. The van der Waals surface area contributed by atoms with Gasteiger partial charge in [0.1, 0.15) is 0 Å². The molecule has 4 nitrogen and oxygen atoms in total. The Morgan fingerprint density at radius 3 is 2.44 bits per heavy atom. The van der Waals surface area contributed by atoms with Crippen molar-refractivity contribution in [3.8, 4) is 0 Å². The number of hydrogen-bond acceptors (Lipinski definition) is 4. The van der Waals surface area contributed by atoms with Gasteiger partial charge in [-0.1, -0.05) is 13.8 Å². The molecule has 0 fully saturated rings. The van der Waals surface area contributed by atoms with Crippen LogP contribution >= 0.6 is 0 Å². The Kier molecular flexibility index (Phi) is 8.89. The lowest BCUT2D eigenvalue weighted by Crippen LogP contribution is -2.28. The Balaban J connectivity index is 3.78. The van der Waals surface area contributed by atoms with E-state index in [0.29, 0.717) is 12.6 Å². The molecule has 5 heteroatoms. The van der Waals surface area contributed by atoms with Crippen LogP contribution in [0.2, 0.25) is 0 Å². The maximum absolute atomic E-state index is 11.5. The molecule has 0 amide bonds. The van der Waals surface area contributed by atoms with Gasteiger partial charge in [-0.05, 0) is 25.8 Å². The van der Waals surface area contributed by atoms with Crippen molar-refractivity contribution in [2.75, 3.05) is 31.8 Å². The molecule has 1 N–H and O–H groups in total. The van der Waals surface area contributed by atoms with Crippen molar-refractivity contribution in [2.45, 2.75) is 39.2 Å². The van der Waals surface area contributed by atoms with Crippen LogP contribution in [0.5, 0.6) is 0 Å². The van der Waals surface area contributed by atoms with Crippen molar-refractivity contribution in [3.05, 3.63) is 0 Å². The predicted octanol–water partition coefficient (Wildman–Crippen LogP) is 1.22. The molecule has 0 saturated heterocycles. The zero-order valence-electron chi connectivity index (χ0n) is 10.7. The molecule has 0 saturated carbocycles. The summed E-state index contributed by atoms with van der Waals surface area (Å²) >= 11 is 0. The van der Waals surface area contributed by atoms with E-state index in [2.05, 4.69) is 19.2 Å². The van der Waals surface area contributed by atoms with Gasteiger partial charge in [0.2, 0.25) is 0 Å². The summed E-state index contributed by atoms with van der Waals surface area (Å²) < 4.78 is 27.8. The van der Waals surface area contributed by atoms with Gasteiger partial charge in [-0.2, -0.15) is 0 Å². The van der Waals surface area contributed by atoms with E-state index in [0.717, 1.165) is 25.8 Å². The van der Waals surface area contributed by atoms with Crippen LogP contribution in [0.15, 0.2) is 0 Å². The third kappa shape index (κ3) is 8.07. The molecule has 0 aromatic rings. The van der Waals surface area contributed by atoms with E-state index in [-0.39, 0.29) is 11.5 Å². The van der Waals surface area contributed by atoms with Crippen LogP contribution in [0.1, 0.15) is 33.1 Å². The first kappa shape index (κ1) is 15.9. The van der Waals surface area contributed by atoms with Crippen LogP contribution in [0, 0.1) is 0 Å². The topological polar surface area (TPSA) is 55.4 Å². The van der Waals surface area contributed by atoms with Gasteiger partial charge in [0, 0.05) is 13.2 Å². The highest BCUT2D eigenvalue weighted by atomic mass is 32.2. The van der Waals surface area contributed by atoms with Gasteiger partial charge in [-0.15, -0.1) is 0 Å². The van der Waals surface area contributed by atoms with Crippen LogP contribution < -0.4 is 5.32 Å². The zero-order valence-corrected chi connectivity index (χ0v) is 11.5. The van der Waals surface area contributed by atoms with E-state index in [1.807, 2.05) is 0 Å². The van der Waals surface area contributed by atoms with Gasteiger partial charge in [0.25, 0.3) is 0 Å². The minimum atomic E-state index is -2.92. The standard InChI is InChI=1S/C11H25NO3S/c1-4-11(12-5-2)7-6-9-16(13,14)10-8-15-3/h11-12H,4-10H2,1-3H3. The summed E-state index contributed by atoms with van der Waals surface area (Å²) in [6.45, 7) is 5.42. The van der Waals surface area contributed by atoms with Crippen molar-refractivity contribution >= 4 is 9.84 Å². The van der Waals surface area contributed by atoms with E-state index in [4.69, 9.17) is 4.74 Å².